The van der Waals surface area contributed by atoms with Crippen molar-refractivity contribution >= 4 is 34.6 Å². The number of nitrogens with zero attached hydrogens (tertiary/aromatic N) is 1. The van der Waals surface area contributed by atoms with E-state index in [9.17, 15) is 4.79 Å². The summed E-state index contributed by atoms with van der Waals surface area (Å²) < 4.78 is 15.7. The molecule has 0 unspecified atom stereocenters. The Morgan fingerprint density at radius 1 is 0.962 bits per heavy atom. The van der Waals surface area contributed by atoms with Crippen molar-refractivity contribution in [3.05, 3.63) is 52.9 Å². The summed E-state index contributed by atoms with van der Waals surface area (Å²) in [5, 5.41) is 3.29. The molecule has 0 radical (unpaired) electrons. The Bertz CT molecular complexity index is 876. The molecule has 1 saturated heterocycles. The lowest BCUT2D eigenvalue weighted by molar-refractivity contribution is -0.115. The molecule has 6 nitrogen and oxygen atoms in total. The van der Waals surface area contributed by atoms with Gasteiger partial charge in [-0.05, 0) is 60.3 Å². The highest BCUT2D eigenvalue weighted by molar-refractivity contribution is 8.18. The van der Waals surface area contributed by atoms with Crippen molar-refractivity contribution < 1.29 is 19.0 Å². The van der Waals surface area contributed by atoms with E-state index in [1.165, 1.54) is 11.8 Å². The molecule has 2 aromatic rings. The maximum atomic E-state index is 12.3. The van der Waals surface area contributed by atoms with Crippen molar-refractivity contribution in [3.63, 3.8) is 0 Å². The molecule has 1 N–H and O–H groups in total. The molecule has 26 heavy (non-hydrogen) atoms. The van der Waals surface area contributed by atoms with Gasteiger partial charge in [0.05, 0.1) is 31.9 Å². The Hall–Kier alpha value is -2.93. The maximum Gasteiger partial charge on any atom is 0.264 e. The molecule has 134 valence electrons. The molecule has 0 bridgehead atoms. The van der Waals surface area contributed by atoms with Crippen LogP contribution in [0.15, 0.2) is 52.4 Å². The average Bonchev–Trinajstić information content (AvgIpc) is 3.01. The largest absolute Gasteiger partial charge is 0.497 e. The second-order valence-corrected chi connectivity index (χ2v) is 6.32. The van der Waals surface area contributed by atoms with Gasteiger partial charge in [0.2, 0.25) is 0 Å². The Labute approximate surface area is 155 Å². The number of methoxy groups -OCH3 is 3. The van der Waals surface area contributed by atoms with Gasteiger partial charge >= 0.3 is 0 Å². The van der Waals surface area contributed by atoms with Crippen molar-refractivity contribution in [2.75, 3.05) is 21.3 Å². The molecule has 0 aromatic heterocycles. The van der Waals surface area contributed by atoms with E-state index >= 15 is 0 Å². The van der Waals surface area contributed by atoms with Crippen LogP contribution in [0.4, 0.5) is 5.69 Å². The highest BCUT2D eigenvalue weighted by Crippen LogP contribution is 2.32. The normalized spacial score (nSPS) is 16.7. The van der Waals surface area contributed by atoms with Gasteiger partial charge in [-0.2, -0.15) is 0 Å². The van der Waals surface area contributed by atoms with Crippen LogP contribution in [0.1, 0.15) is 5.56 Å². The second-order valence-electron chi connectivity index (χ2n) is 5.29. The van der Waals surface area contributed by atoms with Crippen molar-refractivity contribution in [1.29, 1.82) is 0 Å². The molecule has 1 aliphatic heterocycles. The number of aliphatic imine (C=N–C) groups is 1. The Balaban J connectivity index is 1.85. The Morgan fingerprint density at radius 3 is 2.31 bits per heavy atom. The quantitative estimate of drug-likeness (QED) is 0.815. The van der Waals surface area contributed by atoms with Crippen LogP contribution in [0.5, 0.6) is 17.2 Å². The van der Waals surface area contributed by atoms with Crippen LogP contribution in [0.3, 0.4) is 0 Å². The smallest absolute Gasteiger partial charge is 0.264 e. The standard InChI is InChI=1S/C19H18N2O4S/c1-23-14-6-4-13(5-7-14)20-19-21-18(22)17(26-19)11-12-10-15(24-2)8-9-16(12)25-3/h4-11H,1-3H3,(H,20,21,22). The van der Waals surface area contributed by atoms with Gasteiger partial charge < -0.3 is 19.5 Å². The van der Waals surface area contributed by atoms with E-state index in [1.807, 2.05) is 30.3 Å². The van der Waals surface area contributed by atoms with Crippen LogP contribution in [-0.2, 0) is 4.79 Å². The molecule has 2 aromatic carbocycles. The number of carbonyl (C=O) groups is 1. The van der Waals surface area contributed by atoms with E-state index < -0.39 is 0 Å². The van der Waals surface area contributed by atoms with Crippen molar-refractivity contribution in [1.82, 2.24) is 5.32 Å². The zero-order chi connectivity index (χ0) is 18.5. The minimum Gasteiger partial charge on any atom is -0.497 e. The first-order valence-corrected chi connectivity index (χ1v) is 8.60. The summed E-state index contributed by atoms with van der Waals surface area (Å²) in [6, 6.07) is 12.7. The first-order chi connectivity index (χ1) is 12.6. The third-order valence-electron chi connectivity index (χ3n) is 3.68. The van der Waals surface area contributed by atoms with Crippen LogP contribution in [-0.4, -0.2) is 32.4 Å². The summed E-state index contributed by atoms with van der Waals surface area (Å²) in [5.41, 5.74) is 1.49. The molecule has 7 heteroatoms. The lowest BCUT2D eigenvalue weighted by atomic mass is 10.1. The van der Waals surface area contributed by atoms with Gasteiger partial charge in [0.15, 0.2) is 5.17 Å². The molecule has 1 fully saturated rings. The summed E-state index contributed by atoms with van der Waals surface area (Å²) in [7, 11) is 4.79. The SMILES string of the molecule is COc1ccc(N=C2NC(=O)C(=Cc3cc(OC)ccc3OC)S2)cc1. The average molecular weight is 370 g/mol. The number of amidine groups is 1. The molecule has 3 rings (SSSR count). The highest BCUT2D eigenvalue weighted by atomic mass is 32.2. The molecular weight excluding hydrogens is 352 g/mol. The Kier molecular flexibility index (Phi) is 5.48. The summed E-state index contributed by atoms with van der Waals surface area (Å²) in [6.07, 6.45) is 1.76. The molecule has 1 amide bonds. The van der Waals surface area contributed by atoms with Gasteiger partial charge in [-0.15, -0.1) is 0 Å². The number of thioether (sulfide) groups is 1. The Morgan fingerprint density at radius 2 is 1.65 bits per heavy atom. The van der Waals surface area contributed by atoms with E-state index in [4.69, 9.17) is 14.2 Å². The number of carbonyl (C=O) groups excluding carboxylic acids is 1. The molecule has 0 atom stereocenters. The second kappa shape index (κ2) is 7.97. The molecule has 1 aliphatic rings. The van der Waals surface area contributed by atoms with Gasteiger partial charge in [0.1, 0.15) is 17.2 Å². The van der Waals surface area contributed by atoms with E-state index in [2.05, 4.69) is 10.3 Å². The van der Waals surface area contributed by atoms with E-state index in [-0.39, 0.29) is 5.91 Å². The number of nitrogens with one attached hydrogen (secondary N) is 1. The van der Waals surface area contributed by atoms with E-state index in [1.54, 1.807) is 39.5 Å². The fraction of sp³-hybridized carbons (Fsp3) is 0.158. The van der Waals surface area contributed by atoms with Crippen molar-refractivity contribution in [3.8, 4) is 17.2 Å². The number of hydrogen-bond donors (Lipinski definition) is 1. The first-order valence-electron chi connectivity index (χ1n) is 7.78. The lowest BCUT2D eigenvalue weighted by Crippen LogP contribution is -2.19. The van der Waals surface area contributed by atoms with Gasteiger partial charge in [-0.25, -0.2) is 4.99 Å². The fourth-order valence-corrected chi connectivity index (χ4v) is 3.18. The molecular formula is C19H18N2O4S. The zero-order valence-electron chi connectivity index (χ0n) is 14.6. The molecule has 1 heterocycles. The minimum atomic E-state index is -0.202. The summed E-state index contributed by atoms with van der Waals surface area (Å²) in [5.74, 6) is 1.90. The third-order valence-corrected chi connectivity index (χ3v) is 4.59. The predicted octanol–water partition coefficient (Wildman–Crippen LogP) is 3.60. The van der Waals surface area contributed by atoms with Gasteiger partial charge in [0.25, 0.3) is 5.91 Å². The summed E-state index contributed by atoms with van der Waals surface area (Å²) >= 11 is 1.27. The molecule has 0 spiro atoms. The lowest BCUT2D eigenvalue weighted by Gasteiger charge is -2.07. The number of amides is 1. The zero-order valence-corrected chi connectivity index (χ0v) is 15.4. The third kappa shape index (κ3) is 4.00. The van der Waals surface area contributed by atoms with Crippen LogP contribution in [0.25, 0.3) is 6.08 Å². The topological polar surface area (TPSA) is 69.2 Å². The number of hydrogen-bond acceptors (Lipinski definition) is 6. The van der Waals surface area contributed by atoms with Crippen LogP contribution in [0, 0.1) is 0 Å². The van der Waals surface area contributed by atoms with E-state index in [0.29, 0.717) is 21.6 Å². The maximum absolute atomic E-state index is 12.3. The predicted molar refractivity (Wildman–Crippen MR) is 103 cm³/mol. The van der Waals surface area contributed by atoms with Gasteiger partial charge in [-0.3, -0.25) is 4.79 Å². The van der Waals surface area contributed by atoms with E-state index in [0.717, 1.165) is 17.0 Å². The highest BCUT2D eigenvalue weighted by Gasteiger charge is 2.24. The minimum absolute atomic E-state index is 0.202. The number of ether oxygens (including phenoxy) is 3. The summed E-state index contributed by atoms with van der Waals surface area (Å²) in [6.45, 7) is 0. The fourth-order valence-electron chi connectivity index (χ4n) is 2.35. The number of rotatable bonds is 5. The summed E-state index contributed by atoms with van der Waals surface area (Å²) in [4.78, 5) is 17.2. The van der Waals surface area contributed by atoms with Crippen LogP contribution < -0.4 is 19.5 Å². The van der Waals surface area contributed by atoms with Crippen molar-refractivity contribution in [2.45, 2.75) is 0 Å². The molecule has 0 aliphatic carbocycles. The first kappa shape index (κ1) is 17.9. The van der Waals surface area contributed by atoms with Gasteiger partial charge in [-0.1, -0.05) is 0 Å². The number of benzene rings is 2. The van der Waals surface area contributed by atoms with Crippen LogP contribution >= 0.6 is 11.8 Å². The monoisotopic (exact) mass is 370 g/mol. The molecule has 0 saturated carbocycles. The van der Waals surface area contributed by atoms with Crippen molar-refractivity contribution in [2.24, 2.45) is 4.99 Å². The van der Waals surface area contributed by atoms with Gasteiger partial charge in [0, 0.05) is 5.56 Å². The van der Waals surface area contributed by atoms with Crippen LogP contribution in [0.2, 0.25) is 0 Å².